The van der Waals surface area contributed by atoms with Crippen LogP contribution in [0.2, 0.25) is 0 Å². The molecule has 0 bridgehead atoms. The first-order chi connectivity index (χ1) is 28.1. The Hall–Kier alpha value is -3.69. The standard InChI is InChI=1S/C42H61N4O11PS/c1-6-7-12-40(48)43(3)15-16-44(4)58(51,20-18-57-38-24-29-21-28(2)34-10-8-13-45(34)42(50)33(29)26-37(38)55-5)19-17-56-36-23-30-25-39(59(52,53)54)35-11-9-14-46(35)41(49)32(30)22-31(36)27-47/h22-24,26,28,34-35,39,47H,6-21,25,27H2,1-5H3,(H,52,53,54)/t28?,34-,35+,39?,58?/m1/s1. The van der Waals surface area contributed by atoms with Crippen LogP contribution >= 0.6 is 7.29 Å². The molecule has 0 spiro atoms. The van der Waals surface area contributed by atoms with Gasteiger partial charge in [0.15, 0.2) is 18.8 Å². The summed E-state index contributed by atoms with van der Waals surface area (Å²) in [4.78, 5) is 45.0. The van der Waals surface area contributed by atoms with E-state index in [-0.39, 0.29) is 73.0 Å². The second-order valence-corrected chi connectivity index (χ2v) is 21.5. The average Bonchev–Trinajstić information content (AvgIpc) is 3.87. The van der Waals surface area contributed by atoms with Crippen molar-refractivity contribution in [1.82, 2.24) is 19.4 Å². The van der Waals surface area contributed by atoms with Crippen molar-refractivity contribution in [1.29, 1.82) is 0 Å². The van der Waals surface area contributed by atoms with Gasteiger partial charge in [0.1, 0.15) is 11.0 Å². The molecule has 2 saturated heterocycles. The lowest BCUT2D eigenvalue weighted by Crippen LogP contribution is -2.44. The second-order valence-electron chi connectivity index (χ2n) is 16.6. The topological polar surface area (TPSA) is 184 Å². The fourth-order valence-electron chi connectivity index (χ4n) is 9.22. The summed E-state index contributed by atoms with van der Waals surface area (Å²) in [5.74, 6) is 1.03. The van der Waals surface area contributed by atoms with Gasteiger partial charge in [-0.15, -0.1) is 0 Å². The van der Waals surface area contributed by atoms with Crippen LogP contribution in [0.15, 0.2) is 24.3 Å². The van der Waals surface area contributed by atoms with E-state index in [1.54, 1.807) is 35.8 Å². The molecule has 0 radical (unpaired) electrons. The zero-order valence-corrected chi connectivity index (χ0v) is 36.8. The minimum absolute atomic E-state index is 0.00462. The van der Waals surface area contributed by atoms with Crippen molar-refractivity contribution in [3.63, 3.8) is 0 Å². The summed E-state index contributed by atoms with van der Waals surface area (Å²) < 4.78 is 70.3. The number of aliphatic hydroxyl groups is 1. The van der Waals surface area contributed by atoms with Gasteiger partial charge in [-0.05, 0) is 93.3 Å². The Morgan fingerprint density at radius 1 is 0.881 bits per heavy atom. The Labute approximate surface area is 348 Å². The molecule has 4 aliphatic rings. The number of rotatable bonds is 18. The maximum Gasteiger partial charge on any atom is 0.270 e. The average molecular weight is 861 g/mol. The third-order valence-electron chi connectivity index (χ3n) is 12.8. The highest BCUT2D eigenvalue weighted by Gasteiger charge is 2.45. The molecular formula is C42H61N4O11PS. The van der Waals surface area contributed by atoms with E-state index in [2.05, 4.69) is 6.92 Å². The number of fused-ring (bicyclic) bond motifs is 4. The largest absolute Gasteiger partial charge is 0.493 e. The summed E-state index contributed by atoms with van der Waals surface area (Å²) in [7, 11) is -2.77. The molecule has 2 aromatic carbocycles. The van der Waals surface area contributed by atoms with E-state index in [4.69, 9.17) is 14.2 Å². The first-order valence-corrected chi connectivity index (χ1v) is 24.5. The number of nitrogens with zero attached hydrogens (tertiary/aromatic N) is 4. The van der Waals surface area contributed by atoms with E-state index < -0.39 is 35.3 Å². The minimum atomic E-state index is -4.50. The summed E-state index contributed by atoms with van der Waals surface area (Å²) in [6.45, 7) is 5.53. The highest BCUT2D eigenvalue weighted by atomic mass is 32.2. The van der Waals surface area contributed by atoms with Crippen LogP contribution in [-0.2, 0) is 38.9 Å². The van der Waals surface area contributed by atoms with Gasteiger partial charge in [-0.1, -0.05) is 20.3 Å². The summed E-state index contributed by atoms with van der Waals surface area (Å²) in [5.41, 5.74) is 2.47. The third kappa shape index (κ3) is 9.77. The predicted octanol–water partition coefficient (Wildman–Crippen LogP) is 4.72. The van der Waals surface area contributed by atoms with Crippen molar-refractivity contribution in [3.05, 3.63) is 52.1 Å². The third-order valence-corrected chi connectivity index (χ3v) is 17.3. The Balaban J connectivity index is 1.20. The van der Waals surface area contributed by atoms with Crippen molar-refractivity contribution in [2.24, 2.45) is 5.92 Å². The monoisotopic (exact) mass is 860 g/mol. The number of benzene rings is 2. The highest BCUT2D eigenvalue weighted by molar-refractivity contribution is 7.86. The minimum Gasteiger partial charge on any atom is -0.493 e. The Bertz CT molecular complexity index is 2050. The predicted molar refractivity (Wildman–Crippen MR) is 224 cm³/mol. The highest BCUT2D eigenvalue weighted by Crippen LogP contribution is 2.48. The van der Waals surface area contributed by atoms with E-state index in [1.807, 2.05) is 17.9 Å². The molecule has 2 fully saturated rings. The van der Waals surface area contributed by atoms with Gasteiger partial charge in [0.05, 0.1) is 33.0 Å². The van der Waals surface area contributed by atoms with Gasteiger partial charge in [-0.2, -0.15) is 8.42 Å². The molecule has 4 aliphatic heterocycles. The SMILES string of the molecule is CCCCC(=O)N(C)CCN(C)P(=O)(CCOc1cc2c(cc1CO)C(=O)N1CCC[C@H]1C(S(=O)(=O)O)C2)CCOc1cc2c(cc1OC)C(=O)N1CCC[C@@H]1C(C)C2. The van der Waals surface area contributed by atoms with Crippen LogP contribution in [-0.4, -0.2) is 145 Å². The van der Waals surface area contributed by atoms with E-state index >= 15 is 4.57 Å². The molecule has 3 amide bonds. The molecule has 0 aromatic heterocycles. The number of aliphatic hydroxyl groups excluding tert-OH is 1. The molecule has 3 unspecified atom stereocenters. The molecule has 0 saturated carbocycles. The smallest absolute Gasteiger partial charge is 0.270 e. The number of carbonyl (C=O) groups excluding carboxylic acids is 3. The lowest BCUT2D eigenvalue weighted by atomic mass is 9.92. The molecule has 2 aromatic rings. The molecule has 0 aliphatic carbocycles. The van der Waals surface area contributed by atoms with E-state index in [0.29, 0.717) is 73.5 Å². The number of likely N-dealkylation sites (N-methyl/N-ethyl adjacent to an activating group) is 2. The Morgan fingerprint density at radius 3 is 2.10 bits per heavy atom. The van der Waals surface area contributed by atoms with E-state index in [0.717, 1.165) is 37.8 Å². The molecule has 5 atom stereocenters. The van der Waals surface area contributed by atoms with Crippen molar-refractivity contribution < 1.29 is 51.2 Å². The van der Waals surface area contributed by atoms with Gasteiger partial charge < -0.3 is 38.6 Å². The van der Waals surface area contributed by atoms with E-state index in [1.165, 1.54) is 18.1 Å². The molecule has 6 rings (SSSR count). The molecule has 15 nitrogen and oxygen atoms in total. The quantitative estimate of drug-likeness (QED) is 0.156. The molecule has 326 valence electrons. The van der Waals surface area contributed by atoms with Crippen LogP contribution < -0.4 is 14.2 Å². The maximum absolute atomic E-state index is 15.0. The van der Waals surface area contributed by atoms with Crippen molar-refractivity contribution in [2.45, 2.75) is 95.6 Å². The van der Waals surface area contributed by atoms with Gasteiger partial charge in [0.2, 0.25) is 5.91 Å². The van der Waals surface area contributed by atoms with Gasteiger partial charge >= 0.3 is 0 Å². The van der Waals surface area contributed by atoms with Crippen LogP contribution in [0.5, 0.6) is 17.2 Å². The Morgan fingerprint density at radius 2 is 1.47 bits per heavy atom. The molecule has 59 heavy (non-hydrogen) atoms. The number of hydrogen-bond acceptors (Lipinski definition) is 10. The number of carbonyl (C=O) groups is 3. The first kappa shape index (κ1) is 44.9. The van der Waals surface area contributed by atoms with E-state index in [9.17, 15) is 32.5 Å². The van der Waals surface area contributed by atoms with Crippen LogP contribution in [0.25, 0.3) is 0 Å². The molecule has 2 N–H and O–H groups in total. The van der Waals surface area contributed by atoms with Crippen molar-refractivity contribution in [2.75, 3.05) is 72.9 Å². The summed E-state index contributed by atoms with van der Waals surface area (Å²) >= 11 is 0. The normalized spacial score (nSPS) is 22.5. The van der Waals surface area contributed by atoms with Crippen molar-refractivity contribution >= 4 is 35.1 Å². The summed E-state index contributed by atoms with van der Waals surface area (Å²) in [6.07, 6.45) is 5.96. The van der Waals surface area contributed by atoms with Crippen LogP contribution in [0, 0.1) is 5.92 Å². The zero-order valence-electron chi connectivity index (χ0n) is 35.1. The van der Waals surface area contributed by atoms with Crippen LogP contribution in [0.4, 0.5) is 0 Å². The number of amides is 3. The van der Waals surface area contributed by atoms with Crippen LogP contribution in [0.1, 0.15) is 96.2 Å². The summed E-state index contributed by atoms with van der Waals surface area (Å²) in [6, 6.07) is 6.23. The zero-order chi connectivity index (χ0) is 42.6. The van der Waals surface area contributed by atoms with Crippen LogP contribution in [0.3, 0.4) is 0 Å². The lowest BCUT2D eigenvalue weighted by Gasteiger charge is -2.30. The summed E-state index contributed by atoms with van der Waals surface area (Å²) in [5, 5.41) is 9.15. The fraction of sp³-hybridized carbons (Fsp3) is 0.643. The fourth-order valence-corrected chi connectivity index (χ4v) is 12.4. The molecule has 17 heteroatoms. The molecule has 4 heterocycles. The van der Waals surface area contributed by atoms with Gasteiger partial charge in [-0.3, -0.25) is 23.6 Å². The number of ether oxygens (including phenoxy) is 3. The number of hydrogen-bond donors (Lipinski definition) is 2. The maximum atomic E-state index is 15.0. The Kier molecular flexibility index (Phi) is 14.4. The lowest BCUT2D eigenvalue weighted by molar-refractivity contribution is -0.130. The second kappa shape index (κ2) is 18.9. The van der Waals surface area contributed by atoms with Crippen molar-refractivity contribution in [3.8, 4) is 17.2 Å². The molecular weight excluding hydrogens is 800 g/mol. The van der Waals surface area contributed by atoms with Gasteiger partial charge in [0.25, 0.3) is 21.9 Å². The van der Waals surface area contributed by atoms with Gasteiger partial charge in [0, 0.05) is 74.7 Å². The number of methoxy groups -OCH3 is 1. The number of unbranched alkanes of at least 4 members (excludes halogenated alkanes) is 1. The van der Waals surface area contributed by atoms with Gasteiger partial charge in [-0.25, -0.2) is 0 Å². The first-order valence-electron chi connectivity index (χ1n) is 20.9.